The fraction of sp³-hybridized carbons (Fsp3) is 0.143. The number of carbonyl (C=O) groups excluding carboxylic acids is 1. The van der Waals surface area contributed by atoms with E-state index in [4.69, 9.17) is 0 Å². The quantitative estimate of drug-likeness (QED) is 0.807. The molecule has 1 aromatic carbocycles. The standard InChI is InChI=1S/C14H13Br2N3O/c1-2-17-9-6-7-18-12(8-9)14(20)19-13-10(15)4-3-5-11(13)16/h3-8H,2H2,1H3,(H,17,18)(H,19,20). The van der Waals surface area contributed by atoms with Crippen molar-refractivity contribution in [3.63, 3.8) is 0 Å². The normalized spacial score (nSPS) is 10.2. The van der Waals surface area contributed by atoms with Gasteiger partial charge in [-0.25, -0.2) is 0 Å². The molecule has 0 radical (unpaired) electrons. The molecule has 0 bridgehead atoms. The Labute approximate surface area is 134 Å². The highest BCUT2D eigenvalue weighted by molar-refractivity contribution is 9.11. The molecule has 2 rings (SSSR count). The van der Waals surface area contributed by atoms with E-state index in [1.807, 2.05) is 31.2 Å². The summed E-state index contributed by atoms with van der Waals surface area (Å²) in [7, 11) is 0. The molecule has 4 nitrogen and oxygen atoms in total. The van der Waals surface area contributed by atoms with Gasteiger partial charge in [0.25, 0.3) is 5.91 Å². The number of rotatable bonds is 4. The molecule has 0 fully saturated rings. The van der Waals surface area contributed by atoms with Crippen LogP contribution in [0.2, 0.25) is 0 Å². The molecule has 20 heavy (non-hydrogen) atoms. The van der Waals surface area contributed by atoms with Crippen molar-refractivity contribution in [3.05, 3.63) is 51.2 Å². The zero-order chi connectivity index (χ0) is 14.5. The fourth-order valence-electron chi connectivity index (χ4n) is 1.66. The maximum atomic E-state index is 12.2. The average molecular weight is 399 g/mol. The van der Waals surface area contributed by atoms with Crippen molar-refractivity contribution in [3.8, 4) is 0 Å². The van der Waals surface area contributed by atoms with Gasteiger partial charge in [0, 0.05) is 27.4 Å². The number of pyridine rings is 1. The minimum absolute atomic E-state index is 0.252. The Hall–Kier alpha value is -1.40. The molecule has 0 unspecified atom stereocenters. The van der Waals surface area contributed by atoms with E-state index in [0.717, 1.165) is 21.2 Å². The third-order valence-electron chi connectivity index (χ3n) is 2.57. The maximum Gasteiger partial charge on any atom is 0.274 e. The summed E-state index contributed by atoms with van der Waals surface area (Å²) < 4.78 is 1.62. The lowest BCUT2D eigenvalue weighted by Crippen LogP contribution is -2.14. The highest BCUT2D eigenvalue weighted by Crippen LogP contribution is 2.30. The number of nitrogens with one attached hydrogen (secondary N) is 2. The van der Waals surface area contributed by atoms with Crippen LogP contribution in [0.15, 0.2) is 45.5 Å². The van der Waals surface area contributed by atoms with Crippen LogP contribution in [0.4, 0.5) is 11.4 Å². The van der Waals surface area contributed by atoms with E-state index in [9.17, 15) is 4.79 Å². The van der Waals surface area contributed by atoms with Crippen molar-refractivity contribution >= 4 is 49.1 Å². The second-order valence-corrected chi connectivity index (χ2v) is 5.72. The Kier molecular flexibility index (Phi) is 5.14. The molecule has 1 aromatic heterocycles. The van der Waals surface area contributed by atoms with Crippen LogP contribution in [0.5, 0.6) is 0 Å². The summed E-state index contributed by atoms with van der Waals surface area (Å²) in [6.07, 6.45) is 1.61. The third kappa shape index (κ3) is 3.58. The summed E-state index contributed by atoms with van der Waals surface area (Å²) in [6, 6.07) is 9.16. The zero-order valence-electron chi connectivity index (χ0n) is 10.8. The van der Waals surface area contributed by atoms with Crippen molar-refractivity contribution in [2.45, 2.75) is 6.92 Å². The van der Waals surface area contributed by atoms with Gasteiger partial charge in [0.1, 0.15) is 5.69 Å². The Morgan fingerprint density at radius 3 is 2.60 bits per heavy atom. The molecule has 0 spiro atoms. The summed E-state index contributed by atoms with van der Waals surface area (Å²) >= 11 is 6.82. The van der Waals surface area contributed by atoms with Gasteiger partial charge < -0.3 is 10.6 Å². The first-order chi connectivity index (χ1) is 9.61. The van der Waals surface area contributed by atoms with Gasteiger partial charge in [-0.3, -0.25) is 9.78 Å². The smallest absolute Gasteiger partial charge is 0.274 e. The fourth-order valence-corrected chi connectivity index (χ4v) is 2.86. The SMILES string of the molecule is CCNc1ccnc(C(=O)Nc2c(Br)cccc2Br)c1. The Balaban J connectivity index is 2.22. The number of anilines is 2. The van der Waals surface area contributed by atoms with Crippen molar-refractivity contribution < 1.29 is 4.79 Å². The van der Waals surface area contributed by atoms with Gasteiger partial charge in [-0.2, -0.15) is 0 Å². The first-order valence-corrected chi connectivity index (χ1v) is 7.65. The largest absolute Gasteiger partial charge is 0.385 e. The second-order valence-electron chi connectivity index (χ2n) is 4.01. The van der Waals surface area contributed by atoms with Crippen LogP contribution in [-0.2, 0) is 0 Å². The number of aromatic nitrogens is 1. The summed E-state index contributed by atoms with van der Waals surface area (Å²) in [5.74, 6) is -0.252. The Bertz CT molecular complexity index is 611. The molecule has 0 atom stereocenters. The van der Waals surface area contributed by atoms with Crippen LogP contribution in [0.1, 0.15) is 17.4 Å². The number of hydrogen-bond donors (Lipinski definition) is 2. The molecule has 1 amide bonds. The molecule has 0 aliphatic carbocycles. The molecule has 0 aliphatic rings. The molecule has 104 valence electrons. The number of halogens is 2. The number of amides is 1. The second kappa shape index (κ2) is 6.85. The van der Waals surface area contributed by atoms with E-state index >= 15 is 0 Å². The van der Waals surface area contributed by atoms with Crippen molar-refractivity contribution in [1.82, 2.24) is 4.98 Å². The van der Waals surface area contributed by atoms with Gasteiger partial charge in [0.05, 0.1) is 5.69 Å². The first-order valence-electron chi connectivity index (χ1n) is 6.07. The minimum atomic E-state index is -0.252. The molecule has 2 aromatic rings. The topological polar surface area (TPSA) is 54.0 Å². The Morgan fingerprint density at radius 2 is 1.95 bits per heavy atom. The highest BCUT2D eigenvalue weighted by Gasteiger charge is 2.12. The molecular weight excluding hydrogens is 386 g/mol. The van der Waals surface area contributed by atoms with Gasteiger partial charge in [-0.05, 0) is 63.0 Å². The predicted molar refractivity (Wildman–Crippen MR) is 88.2 cm³/mol. The molecular formula is C14H13Br2N3O. The molecule has 0 saturated heterocycles. The lowest BCUT2D eigenvalue weighted by atomic mass is 10.2. The Morgan fingerprint density at radius 1 is 1.25 bits per heavy atom. The first kappa shape index (κ1) is 15.0. The van der Waals surface area contributed by atoms with Gasteiger partial charge >= 0.3 is 0 Å². The van der Waals surface area contributed by atoms with Crippen molar-refractivity contribution in [2.75, 3.05) is 17.2 Å². The number of carbonyl (C=O) groups is 1. The van der Waals surface area contributed by atoms with Crippen LogP contribution >= 0.6 is 31.9 Å². The van der Waals surface area contributed by atoms with E-state index in [1.54, 1.807) is 12.3 Å². The van der Waals surface area contributed by atoms with Gasteiger partial charge in [-0.15, -0.1) is 0 Å². The van der Waals surface area contributed by atoms with Crippen molar-refractivity contribution in [1.29, 1.82) is 0 Å². The van der Waals surface area contributed by atoms with Gasteiger partial charge in [0.2, 0.25) is 0 Å². The summed E-state index contributed by atoms with van der Waals surface area (Å²) in [5, 5.41) is 5.99. The maximum absolute atomic E-state index is 12.2. The summed E-state index contributed by atoms with van der Waals surface area (Å²) in [6.45, 7) is 2.79. The zero-order valence-corrected chi connectivity index (χ0v) is 14.0. The van der Waals surface area contributed by atoms with E-state index in [0.29, 0.717) is 11.4 Å². The van der Waals surface area contributed by atoms with Crippen LogP contribution in [0.25, 0.3) is 0 Å². The number of para-hydroxylation sites is 1. The van der Waals surface area contributed by atoms with E-state index in [2.05, 4.69) is 47.5 Å². The van der Waals surface area contributed by atoms with Gasteiger partial charge in [-0.1, -0.05) is 6.07 Å². The number of hydrogen-bond acceptors (Lipinski definition) is 3. The third-order valence-corrected chi connectivity index (χ3v) is 3.90. The lowest BCUT2D eigenvalue weighted by Gasteiger charge is -2.10. The average Bonchev–Trinajstić information content (AvgIpc) is 2.43. The van der Waals surface area contributed by atoms with E-state index in [1.165, 1.54) is 0 Å². The molecule has 6 heteroatoms. The van der Waals surface area contributed by atoms with Crippen molar-refractivity contribution in [2.24, 2.45) is 0 Å². The molecule has 1 heterocycles. The highest BCUT2D eigenvalue weighted by atomic mass is 79.9. The van der Waals surface area contributed by atoms with Crippen LogP contribution in [-0.4, -0.2) is 17.4 Å². The monoisotopic (exact) mass is 397 g/mol. The number of nitrogens with zero attached hydrogens (tertiary/aromatic N) is 1. The predicted octanol–water partition coefficient (Wildman–Crippen LogP) is 4.29. The molecule has 2 N–H and O–H groups in total. The number of benzene rings is 1. The minimum Gasteiger partial charge on any atom is -0.385 e. The van der Waals surface area contributed by atoms with Crippen LogP contribution in [0, 0.1) is 0 Å². The van der Waals surface area contributed by atoms with Crippen LogP contribution in [0.3, 0.4) is 0 Å². The van der Waals surface area contributed by atoms with E-state index in [-0.39, 0.29) is 5.91 Å². The van der Waals surface area contributed by atoms with Gasteiger partial charge in [0.15, 0.2) is 0 Å². The summed E-state index contributed by atoms with van der Waals surface area (Å²) in [5.41, 5.74) is 1.93. The lowest BCUT2D eigenvalue weighted by molar-refractivity contribution is 0.102. The summed E-state index contributed by atoms with van der Waals surface area (Å²) in [4.78, 5) is 16.3. The molecule has 0 aliphatic heterocycles. The van der Waals surface area contributed by atoms with Crippen LogP contribution < -0.4 is 10.6 Å². The molecule has 0 saturated carbocycles. The van der Waals surface area contributed by atoms with E-state index < -0.39 is 0 Å².